The van der Waals surface area contributed by atoms with Crippen LogP contribution in [0.4, 0.5) is 5.69 Å². The van der Waals surface area contributed by atoms with Gasteiger partial charge in [0.1, 0.15) is 5.75 Å². The van der Waals surface area contributed by atoms with E-state index in [9.17, 15) is 4.79 Å². The maximum atomic E-state index is 12.0. The summed E-state index contributed by atoms with van der Waals surface area (Å²) in [6.07, 6.45) is 1.14. The van der Waals surface area contributed by atoms with Crippen molar-refractivity contribution in [2.24, 2.45) is 0 Å². The van der Waals surface area contributed by atoms with Crippen LogP contribution in [0.5, 0.6) is 5.75 Å². The molecule has 0 aliphatic rings. The van der Waals surface area contributed by atoms with Crippen LogP contribution >= 0.6 is 0 Å². The van der Waals surface area contributed by atoms with Crippen molar-refractivity contribution in [1.29, 1.82) is 0 Å². The second kappa shape index (κ2) is 8.19. The zero-order valence-corrected chi connectivity index (χ0v) is 16.0. The lowest BCUT2D eigenvalue weighted by atomic mass is 9.87. The Labute approximate surface area is 151 Å². The third-order valence-corrected chi connectivity index (χ3v) is 4.33. The summed E-state index contributed by atoms with van der Waals surface area (Å²) in [4.78, 5) is 12.0. The molecule has 0 bridgehead atoms. The predicted molar refractivity (Wildman–Crippen MR) is 104 cm³/mol. The van der Waals surface area contributed by atoms with Gasteiger partial charge in [-0.25, -0.2) is 0 Å². The number of carbonyl (C=O) groups excluding carboxylic acids is 1. The summed E-state index contributed by atoms with van der Waals surface area (Å²) >= 11 is 0. The van der Waals surface area contributed by atoms with Crippen molar-refractivity contribution in [2.75, 3.05) is 11.9 Å². The predicted octanol–water partition coefficient (Wildman–Crippen LogP) is 5.40. The fourth-order valence-electron chi connectivity index (χ4n) is 2.52. The van der Waals surface area contributed by atoms with Gasteiger partial charge in [-0.1, -0.05) is 39.0 Å². The van der Waals surface area contributed by atoms with Gasteiger partial charge in [0, 0.05) is 12.1 Å². The molecule has 2 aromatic carbocycles. The molecule has 25 heavy (non-hydrogen) atoms. The first kappa shape index (κ1) is 19.0. The molecule has 0 aromatic heterocycles. The molecule has 0 heterocycles. The van der Waals surface area contributed by atoms with Gasteiger partial charge in [-0.3, -0.25) is 4.79 Å². The Morgan fingerprint density at radius 1 is 1.00 bits per heavy atom. The van der Waals surface area contributed by atoms with Crippen molar-refractivity contribution in [2.45, 2.75) is 52.9 Å². The van der Waals surface area contributed by atoms with Crippen LogP contribution in [0.3, 0.4) is 0 Å². The molecule has 0 saturated carbocycles. The maximum absolute atomic E-state index is 12.0. The van der Waals surface area contributed by atoms with E-state index >= 15 is 0 Å². The fourth-order valence-corrected chi connectivity index (χ4v) is 2.52. The molecule has 2 aromatic rings. The van der Waals surface area contributed by atoms with E-state index in [4.69, 9.17) is 4.74 Å². The standard InChI is InChI=1S/C22H29NO2/c1-16-8-11-19(15-17(16)2)23-21(24)7-6-14-25-20-12-9-18(10-13-20)22(3,4)5/h8-13,15H,6-7,14H2,1-5H3,(H,23,24). The lowest BCUT2D eigenvalue weighted by Gasteiger charge is -2.19. The summed E-state index contributed by atoms with van der Waals surface area (Å²) in [5.74, 6) is 0.873. The number of carbonyl (C=O) groups is 1. The van der Waals surface area contributed by atoms with Crippen LogP contribution in [-0.4, -0.2) is 12.5 Å². The van der Waals surface area contributed by atoms with Crippen LogP contribution in [-0.2, 0) is 10.2 Å². The Kier molecular flexibility index (Phi) is 6.24. The lowest BCUT2D eigenvalue weighted by Crippen LogP contribution is -2.13. The highest BCUT2D eigenvalue weighted by Crippen LogP contribution is 2.24. The molecule has 2 rings (SSSR count). The van der Waals surface area contributed by atoms with E-state index in [1.807, 2.05) is 37.3 Å². The van der Waals surface area contributed by atoms with Gasteiger partial charge < -0.3 is 10.1 Å². The molecule has 3 nitrogen and oxygen atoms in total. The number of benzene rings is 2. The first-order valence-electron chi connectivity index (χ1n) is 8.86. The number of aryl methyl sites for hydroxylation is 2. The zero-order chi connectivity index (χ0) is 18.4. The highest BCUT2D eigenvalue weighted by Gasteiger charge is 2.13. The molecule has 0 atom stereocenters. The number of hydrogen-bond donors (Lipinski definition) is 1. The summed E-state index contributed by atoms with van der Waals surface area (Å²) in [6, 6.07) is 14.2. The van der Waals surface area contributed by atoms with E-state index < -0.39 is 0 Å². The first-order valence-corrected chi connectivity index (χ1v) is 8.86. The van der Waals surface area contributed by atoms with E-state index in [1.165, 1.54) is 16.7 Å². The number of anilines is 1. The third-order valence-electron chi connectivity index (χ3n) is 4.33. The van der Waals surface area contributed by atoms with Gasteiger partial charge in [-0.15, -0.1) is 0 Å². The molecule has 1 N–H and O–H groups in total. The summed E-state index contributed by atoms with van der Waals surface area (Å²) < 4.78 is 5.73. The van der Waals surface area contributed by atoms with Crippen LogP contribution in [0.1, 0.15) is 50.3 Å². The number of rotatable bonds is 6. The number of hydrogen-bond acceptors (Lipinski definition) is 2. The minimum absolute atomic E-state index is 0.0231. The number of ether oxygens (including phenoxy) is 1. The zero-order valence-electron chi connectivity index (χ0n) is 16.0. The Bertz CT molecular complexity index is 712. The van der Waals surface area contributed by atoms with Crippen LogP contribution in [0.15, 0.2) is 42.5 Å². The summed E-state index contributed by atoms with van der Waals surface area (Å²) in [5, 5.41) is 2.94. The minimum Gasteiger partial charge on any atom is -0.494 e. The molecule has 3 heteroatoms. The molecule has 0 radical (unpaired) electrons. The van der Waals surface area contributed by atoms with Gasteiger partial charge in [0.25, 0.3) is 0 Å². The van der Waals surface area contributed by atoms with Crippen molar-refractivity contribution in [3.05, 3.63) is 59.2 Å². The van der Waals surface area contributed by atoms with E-state index in [1.54, 1.807) is 0 Å². The van der Waals surface area contributed by atoms with Crippen molar-refractivity contribution >= 4 is 11.6 Å². The normalized spacial score (nSPS) is 11.2. The topological polar surface area (TPSA) is 38.3 Å². The van der Waals surface area contributed by atoms with Crippen LogP contribution in [0, 0.1) is 13.8 Å². The van der Waals surface area contributed by atoms with Crippen molar-refractivity contribution < 1.29 is 9.53 Å². The monoisotopic (exact) mass is 339 g/mol. The van der Waals surface area contributed by atoms with Gasteiger partial charge in [0.15, 0.2) is 0 Å². The molecule has 134 valence electrons. The van der Waals surface area contributed by atoms with Crippen LogP contribution in [0.25, 0.3) is 0 Å². The van der Waals surface area contributed by atoms with E-state index in [0.29, 0.717) is 19.4 Å². The Morgan fingerprint density at radius 2 is 1.68 bits per heavy atom. The molecule has 0 spiro atoms. The fraction of sp³-hybridized carbons (Fsp3) is 0.409. The van der Waals surface area contributed by atoms with Crippen molar-refractivity contribution in [1.82, 2.24) is 0 Å². The van der Waals surface area contributed by atoms with Crippen molar-refractivity contribution in [3.63, 3.8) is 0 Å². The highest BCUT2D eigenvalue weighted by molar-refractivity contribution is 5.90. The first-order chi connectivity index (χ1) is 11.8. The smallest absolute Gasteiger partial charge is 0.224 e. The number of amides is 1. The Hall–Kier alpha value is -2.29. The average molecular weight is 339 g/mol. The lowest BCUT2D eigenvalue weighted by molar-refractivity contribution is -0.116. The Balaban J connectivity index is 1.73. The van der Waals surface area contributed by atoms with Gasteiger partial charge in [-0.05, 0) is 66.6 Å². The molecule has 1 amide bonds. The van der Waals surface area contributed by atoms with Gasteiger partial charge in [-0.2, -0.15) is 0 Å². The van der Waals surface area contributed by atoms with Crippen LogP contribution in [0.2, 0.25) is 0 Å². The molecular weight excluding hydrogens is 310 g/mol. The van der Waals surface area contributed by atoms with E-state index in [0.717, 1.165) is 11.4 Å². The third kappa shape index (κ3) is 5.93. The quantitative estimate of drug-likeness (QED) is 0.716. The van der Waals surface area contributed by atoms with Gasteiger partial charge >= 0.3 is 0 Å². The van der Waals surface area contributed by atoms with Gasteiger partial charge in [0.05, 0.1) is 6.61 Å². The summed E-state index contributed by atoms with van der Waals surface area (Å²) in [5.41, 5.74) is 4.69. The van der Waals surface area contributed by atoms with E-state index in [2.05, 4.69) is 45.1 Å². The second-order valence-electron chi connectivity index (χ2n) is 7.57. The molecule has 0 saturated heterocycles. The summed E-state index contributed by atoms with van der Waals surface area (Å²) in [7, 11) is 0. The minimum atomic E-state index is 0.0231. The maximum Gasteiger partial charge on any atom is 0.224 e. The molecule has 0 unspecified atom stereocenters. The van der Waals surface area contributed by atoms with Gasteiger partial charge in [0.2, 0.25) is 5.91 Å². The molecule has 0 aliphatic carbocycles. The second-order valence-corrected chi connectivity index (χ2v) is 7.57. The highest BCUT2D eigenvalue weighted by atomic mass is 16.5. The number of nitrogens with one attached hydrogen (secondary N) is 1. The largest absolute Gasteiger partial charge is 0.494 e. The Morgan fingerprint density at radius 3 is 2.28 bits per heavy atom. The summed E-state index contributed by atoms with van der Waals surface area (Å²) in [6.45, 7) is 11.2. The SMILES string of the molecule is Cc1ccc(NC(=O)CCCOc2ccc(C(C)(C)C)cc2)cc1C. The molecule has 0 aliphatic heterocycles. The van der Waals surface area contributed by atoms with E-state index in [-0.39, 0.29) is 11.3 Å². The average Bonchev–Trinajstić information content (AvgIpc) is 2.55. The van der Waals surface area contributed by atoms with Crippen molar-refractivity contribution in [3.8, 4) is 5.75 Å². The molecule has 0 fully saturated rings. The molecular formula is C22H29NO2. The van der Waals surface area contributed by atoms with Crippen LogP contribution < -0.4 is 10.1 Å².